The van der Waals surface area contributed by atoms with E-state index < -0.39 is 8.07 Å². The molecule has 1 aromatic rings. The van der Waals surface area contributed by atoms with Gasteiger partial charge in [0.15, 0.2) is 0 Å². The number of hydrogen-bond acceptors (Lipinski definition) is 1. The van der Waals surface area contributed by atoms with Gasteiger partial charge in [-0.2, -0.15) is 0 Å². The number of aryl methyl sites for hydroxylation is 1. The summed E-state index contributed by atoms with van der Waals surface area (Å²) >= 11 is 0. The Kier molecular flexibility index (Phi) is 4.69. The van der Waals surface area contributed by atoms with Crippen LogP contribution in [0.1, 0.15) is 12.0 Å². The molecular weight excluding hydrogens is 296 g/mol. The third-order valence-corrected chi connectivity index (χ3v) is 9.04. The maximum absolute atomic E-state index is 5.22. The molecule has 116 valence electrons. The van der Waals surface area contributed by atoms with Gasteiger partial charge in [-0.1, -0.05) is 49.4 Å². The predicted octanol–water partition coefficient (Wildman–Crippen LogP) is 5.09. The Labute approximate surface area is 139 Å². The fourth-order valence-electron chi connectivity index (χ4n) is 3.20. The van der Waals surface area contributed by atoms with Crippen LogP contribution in [-0.2, 0) is 6.42 Å². The van der Waals surface area contributed by atoms with Crippen molar-refractivity contribution in [1.82, 2.24) is 0 Å². The molecule has 0 spiro atoms. The van der Waals surface area contributed by atoms with Crippen LogP contribution in [0.25, 0.3) is 0 Å². The molecule has 0 amide bonds. The molecule has 0 heterocycles. The summed E-state index contributed by atoms with van der Waals surface area (Å²) in [7, 11) is 0.00247. The Morgan fingerprint density at radius 3 is 2.04 bits per heavy atom. The van der Waals surface area contributed by atoms with E-state index in [-0.39, 0.29) is 0 Å². The van der Waals surface area contributed by atoms with Gasteiger partial charge in [0.2, 0.25) is 0 Å². The first-order valence-corrected chi connectivity index (χ1v) is 10.8. The monoisotopic (exact) mass is 318 g/mol. The quantitative estimate of drug-likeness (QED) is 0.503. The highest BCUT2D eigenvalue weighted by molar-refractivity contribution is 6.92. The Morgan fingerprint density at radius 1 is 0.957 bits per heavy atom. The van der Waals surface area contributed by atoms with Crippen molar-refractivity contribution in [3.63, 3.8) is 0 Å². The average molecular weight is 318 g/mol. The second-order valence-electron chi connectivity index (χ2n) is 6.20. The fourth-order valence-corrected chi connectivity index (χ4v) is 6.64. The van der Waals surface area contributed by atoms with Gasteiger partial charge in [0, 0.05) is 0 Å². The number of allylic oxidation sites excluding steroid dienone is 6. The van der Waals surface area contributed by atoms with Crippen LogP contribution in [0.4, 0.5) is 0 Å². The molecule has 0 N–H and O–H groups in total. The van der Waals surface area contributed by atoms with E-state index in [0.717, 1.165) is 12.2 Å². The molecule has 0 atom stereocenters. The van der Waals surface area contributed by atoms with Crippen LogP contribution in [-0.4, -0.2) is 15.2 Å². The molecule has 2 aliphatic carbocycles. The molecular formula is C21H22OSi. The zero-order valence-electron chi connectivity index (χ0n) is 13.8. The highest BCUT2D eigenvalue weighted by Gasteiger charge is 2.34. The van der Waals surface area contributed by atoms with E-state index in [0.29, 0.717) is 0 Å². The lowest BCUT2D eigenvalue weighted by Crippen LogP contribution is -2.34. The first-order valence-electron chi connectivity index (χ1n) is 8.13. The molecule has 0 radical (unpaired) electrons. The van der Waals surface area contributed by atoms with E-state index in [9.17, 15) is 0 Å². The van der Waals surface area contributed by atoms with Gasteiger partial charge < -0.3 is 4.74 Å². The second-order valence-corrected chi connectivity index (χ2v) is 10.4. The molecule has 0 aliphatic heterocycles. The highest BCUT2D eigenvalue weighted by Crippen LogP contribution is 2.33. The van der Waals surface area contributed by atoms with Crippen LogP contribution in [0.5, 0.6) is 5.75 Å². The lowest BCUT2D eigenvalue weighted by Gasteiger charge is -2.27. The Hall–Kier alpha value is -2.24. The third-order valence-electron chi connectivity index (χ3n) is 4.69. The minimum Gasteiger partial charge on any atom is -0.497 e. The SMILES string of the molecule is COc1ccc(CCC[Si](C)(C2=C=CC=C2)C2=C=CC=C2)cc1. The summed E-state index contributed by atoms with van der Waals surface area (Å²) < 4.78 is 5.22. The van der Waals surface area contributed by atoms with Gasteiger partial charge in [-0.25, -0.2) is 0 Å². The molecule has 3 rings (SSSR count). The molecule has 0 saturated heterocycles. The van der Waals surface area contributed by atoms with Crippen LogP contribution >= 0.6 is 0 Å². The van der Waals surface area contributed by atoms with Gasteiger partial charge >= 0.3 is 0 Å². The van der Waals surface area contributed by atoms with Gasteiger partial charge in [-0.15, -0.1) is 11.5 Å². The number of ether oxygens (including phenoxy) is 1. The van der Waals surface area contributed by atoms with E-state index in [1.54, 1.807) is 7.11 Å². The molecule has 2 aliphatic rings. The number of rotatable bonds is 7. The van der Waals surface area contributed by atoms with Gasteiger partial charge in [0.1, 0.15) is 13.8 Å². The predicted molar refractivity (Wildman–Crippen MR) is 99.2 cm³/mol. The van der Waals surface area contributed by atoms with Crippen LogP contribution in [0.15, 0.2) is 82.6 Å². The molecule has 0 unspecified atom stereocenters. The van der Waals surface area contributed by atoms with E-state index in [2.05, 4.69) is 54.4 Å². The lowest BCUT2D eigenvalue weighted by molar-refractivity contribution is 0.414. The second kappa shape index (κ2) is 6.89. The van der Waals surface area contributed by atoms with Crippen LogP contribution < -0.4 is 4.74 Å². The van der Waals surface area contributed by atoms with Crippen molar-refractivity contribution in [1.29, 1.82) is 0 Å². The molecule has 2 heteroatoms. The van der Waals surface area contributed by atoms with Gasteiger partial charge in [-0.05, 0) is 52.7 Å². The largest absolute Gasteiger partial charge is 0.497 e. The maximum atomic E-state index is 5.22. The summed E-state index contributed by atoms with van der Waals surface area (Å²) in [6.07, 6.45) is 15.0. The van der Waals surface area contributed by atoms with Crippen molar-refractivity contribution >= 4 is 8.07 Å². The molecule has 0 fully saturated rings. The fraction of sp³-hybridized carbons (Fsp3) is 0.238. The Balaban J connectivity index is 1.70. The summed E-state index contributed by atoms with van der Waals surface area (Å²) in [5.74, 6) is 0.922. The third kappa shape index (κ3) is 3.41. The van der Waals surface area contributed by atoms with Crippen molar-refractivity contribution in [3.05, 3.63) is 88.1 Å². The van der Waals surface area contributed by atoms with E-state index in [1.165, 1.54) is 28.4 Å². The molecule has 0 saturated carbocycles. The zero-order valence-corrected chi connectivity index (χ0v) is 14.8. The smallest absolute Gasteiger partial charge is 0.134 e. The summed E-state index contributed by atoms with van der Waals surface area (Å²) in [5, 5.41) is 2.80. The van der Waals surface area contributed by atoms with Crippen molar-refractivity contribution in [2.75, 3.05) is 7.11 Å². The van der Waals surface area contributed by atoms with Crippen LogP contribution in [0, 0.1) is 0 Å². The van der Waals surface area contributed by atoms with Crippen LogP contribution in [0.2, 0.25) is 12.6 Å². The average Bonchev–Trinajstić information content (AvgIpc) is 3.29. The van der Waals surface area contributed by atoms with E-state index in [4.69, 9.17) is 4.74 Å². The highest BCUT2D eigenvalue weighted by atomic mass is 28.3. The van der Waals surface area contributed by atoms with Crippen molar-refractivity contribution in [3.8, 4) is 5.75 Å². The molecule has 23 heavy (non-hydrogen) atoms. The van der Waals surface area contributed by atoms with Gasteiger partial charge in [0.05, 0.1) is 7.11 Å². The standard InChI is InChI=1S/C21H22OSi/c1-22-19-15-13-18(14-16-19)8-7-17-23(2,20-9-3-4-10-20)21-11-5-6-12-21/h3-6,9,11,13-16H,7-8,17H2,1-2H3. The minimum atomic E-state index is -1.70. The minimum absolute atomic E-state index is 0.922. The lowest BCUT2D eigenvalue weighted by atomic mass is 10.1. The van der Waals surface area contributed by atoms with Crippen LogP contribution in [0.3, 0.4) is 0 Å². The normalized spacial score (nSPS) is 15.2. The molecule has 1 nitrogen and oxygen atoms in total. The molecule has 0 bridgehead atoms. The first kappa shape index (κ1) is 15.6. The van der Waals surface area contributed by atoms with E-state index >= 15 is 0 Å². The number of methoxy groups -OCH3 is 1. The number of hydrogen-bond donors (Lipinski definition) is 0. The van der Waals surface area contributed by atoms with Crippen molar-refractivity contribution in [2.45, 2.75) is 25.4 Å². The summed E-state index contributed by atoms with van der Waals surface area (Å²) in [4.78, 5) is 0. The number of benzene rings is 1. The zero-order chi connectivity index (χ0) is 16.1. The summed E-state index contributed by atoms with van der Waals surface area (Å²) in [6, 6.07) is 9.64. The molecule has 1 aromatic carbocycles. The van der Waals surface area contributed by atoms with Crippen molar-refractivity contribution in [2.24, 2.45) is 0 Å². The van der Waals surface area contributed by atoms with Gasteiger partial charge in [-0.3, -0.25) is 0 Å². The Morgan fingerprint density at radius 2 is 1.57 bits per heavy atom. The summed E-state index contributed by atoms with van der Waals surface area (Å²) in [6.45, 7) is 2.44. The Bertz CT molecular complexity index is 727. The van der Waals surface area contributed by atoms with E-state index in [1.807, 2.05) is 24.3 Å². The maximum Gasteiger partial charge on any atom is 0.134 e. The molecule has 0 aromatic heterocycles. The summed E-state index contributed by atoms with van der Waals surface area (Å²) in [5.41, 5.74) is 8.29. The topological polar surface area (TPSA) is 9.23 Å². The first-order chi connectivity index (χ1) is 11.2. The van der Waals surface area contributed by atoms with Crippen molar-refractivity contribution < 1.29 is 4.74 Å². The van der Waals surface area contributed by atoms with Gasteiger partial charge in [0.25, 0.3) is 0 Å².